The Morgan fingerprint density at radius 2 is 1.78 bits per heavy atom. The Labute approximate surface area is 148 Å². The summed E-state index contributed by atoms with van der Waals surface area (Å²) >= 11 is 2.11. The van der Waals surface area contributed by atoms with Crippen molar-refractivity contribution < 1.29 is 19.1 Å². The number of benzene rings is 2. The number of hydrogen-bond acceptors (Lipinski definition) is 4. The molecule has 0 aliphatic carbocycles. The van der Waals surface area contributed by atoms with Crippen LogP contribution in [-0.4, -0.2) is 26.1 Å². The Balaban J connectivity index is 2.29. The Hall–Kier alpha value is -2.09. The fourth-order valence-electron chi connectivity index (χ4n) is 2.06. The highest BCUT2D eigenvalue weighted by atomic mass is 127. The average molecular weight is 425 g/mol. The number of rotatable bonds is 5. The zero-order valence-electron chi connectivity index (χ0n) is 12.7. The standard InChI is InChI=1S/C17H16INO4/c1-22-14-9-8-12(10-13(14)18)15(17(21)23-2)19-16(20)11-6-4-3-5-7-11/h3-10,15H,1-2H3,(H,19,20). The molecule has 23 heavy (non-hydrogen) atoms. The number of methoxy groups -OCH3 is 2. The first-order valence-electron chi connectivity index (χ1n) is 6.84. The number of amides is 1. The first-order valence-corrected chi connectivity index (χ1v) is 7.92. The van der Waals surface area contributed by atoms with Crippen LogP contribution in [-0.2, 0) is 9.53 Å². The molecule has 0 bridgehead atoms. The van der Waals surface area contributed by atoms with E-state index < -0.39 is 12.0 Å². The van der Waals surface area contributed by atoms with Crippen LogP contribution in [0.3, 0.4) is 0 Å². The molecular formula is C17H16INO4. The van der Waals surface area contributed by atoms with Crippen LogP contribution in [0.25, 0.3) is 0 Å². The van der Waals surface area contributed by atoms with Crippen molar-refractivity contribution in [2.45, 2.75) is 6.04 Å². The molecule has 5 nitrogen and oxygen atoms in total. The topological polar surface area (TPSA) is 64.6 Å². The molecule has 0 heterocycles. The highest BCUT2D eigenvalue weighted by molar-refractivity contribution is 14.1. The van der Waals surface area contributed by atoms with E-state index in [9.17, 15) is 9.59 Å². The van der Waals surface area contributed by atoms with E-state index in [1.807, 2.05) is 6.07 Å². The van der Waals surface area contributed by atoms with Crippen molar-refractivity contribution in [3.8, 4) is 5.75 Å². The molecule has 6 heteroatoms. The molecule has 0 saturated heterocycles. The van der Waals surface area contributed by atoms with Gasteiger partial charge in [-0.2, -0.15) is 0 Å². The van der Waals surface area contributed by atoms with Crippen LogP contribution < -0.4 is 10.1 Å². The number of hydrogen-bond donors (Lipinski definition) is 1. The highest BCUT2D eigenvalue weighted by Gasteiger charge is 2.24. The van der Waals surface area contributed by atoms with Gasteiger partial charge in [-0.15, -0.1) is 0 Å². The van der Waals surface area contributed by atoms with Gasteiger partial charge >= 0.3 is 5.97 Å². The maximum atomic E-state index is 12.3. The molecule has 1 amide bonds. The minimum Gasteiger partial charge on any atom is -0.496 e. The highest BCUT2D eigenvalue weighted by Crippen LogP contribution is 2.25. The zero-order chi connectivity index (χ0) is 16.8. The van der Waals surface area contributed by atoms with Crippen molar-refractivity contribution in [2.24, 2.45) is 0 Å². The Morgan fingerprint density at radius 3 is 2.35 bits per heavy atom. The lowest BCUT2D eigenvalue weighted by Gasteiger charge is -2.18. The van der Waals surface area contributed by atoms with Gasteiger partial charge in [0.2, 0.25) is 0 Å². The third kappa shape index (κ3) is 4.22. The SMILES string of the molecule is COC(=O)C(NC(=O)c1ccccc1)c1ccc(OC)c(I)c1. The summed E-state index contributed by atoms with van der Waals surface area (Å²) < 4.78 is 10.9. The first-order chi connectivity index (χ1) is 11.1. The maximum Gasteiger partial charge on any atom is 0.333 e. The molecule has 1 unspecified atom stereocenters. The molecule has 2 aromatic rings. The van der Waals surface area contributed by atoms with E-state index >= 15 is 0 Å². The second-order valence-electron chi connectivity index (χ2n) is 4.69. The molecule has 120 valence electrons. The number of esters is 1. The summed E-state index contributed by atoms with van der Waals surface area (Å²) in [4.78, 5) is 24.4. The lowest BCUT2D eigenvalue weighted by molar-refractivity contribution is -0.143. The summed E-state index contributed by atoms with van der Waals surface area (Å²) in [7, 11) is 2.87. The van der Waals surface area contributed by atoms with Crippen LogP contribution in [0.4, 0.5) is 0 Å². The predicted molar refractivity (Wildman–Crippen MR) is 94.4 cm³/mol. The second-order valence-corrected chi connectivity index (χ2v) is 5.85. The van der Waals surface area contributed by atoms with Crippen LogP contribution in [0.2, 0.25) is 0 Å². The van der Waals surface area contributed by atoms with E-state index in [1.54, 1.807) is 49.6 Å². The summed E-state index contributed by atoms with van der Waals surface area (Å²) in [6, 6.07) is 13.1. The van der Waals surface area contributed by atoms with Gasteiger partial charge in [0, 0.05) is 5.56 Å². The fraction of sp³-hybridized carbons (Fsp3) is 0.176. The molecular weight excluding hydrogens is 409 g/mol. The number of carbonyl (C=O) groups is 2. The molecule has 2 rings (SSSR count). The Kier molecular flexibility index (Phi) is 5.97. The molecule has 0 spiro atoms. The van der Waals surface area contributed by atoms with Crippen molar-refractivity contribution in [2.75, 3.05) is 14.2 Å². The minimum atomic E-state index is -0.882. The van der Waals surface area contributed by atoms with Gasteiger partial charge in [0.05, 0.1) is 17.8 Å². The predicted octanol–water partition coefficient (Wildman–Crippen LogP) is 2.94. The largest absolute Gasteiger partial charge is 0.496 e. The van der Waals surface area contributed by atoms with Crippen LogP contribution in [0.15, 0.2) is 48.5 Å². The molecule has 0 saturated carbocycles. The summed E-state index contributed by atoms with van der Waals surface area (Å²) in [6.45, 7) is 0. The first kappa shape index (κ1) is 17.3. The van der Waals surface area contributed by atoms with E-state index in [0.717, 1.165) is 3.57 Å². The molecule has 0 aliphatic heterocycles. The molecule has 0 fully saturated rings. The van der Waals surface area contributed by atoms with Gasteiger partial charge in [-0.05, 0) is 52.4 Å². The molecule has 2 aromatic carbocycles. The minimum absolute atomic E-state index is 0.341. The molecule has 0 radical (unpaired) electrons. The van der Waals surface area contributed by atoms with Gasteiger partial charge in [0.15, 0.2) is 6.04 Å². The van der Waals surface area contributed by atoms with Crippen molar-refractivity contribution in [3.05, 3.63) is 63.2 Å². The normalized spacial score (nSPS) is 11.4. The van der Waals surface area contributed by atoms with E-state index in [0.29, 0.717) is 16.9 Å². The Bertz CT molecular complexity index is 703. The van der Waals surface area contributed by atoms with Gasteiger partial charge in [-0.3, -0.25) is 4.79 Å². The summed E-state index contributed by atoms with van der Waals surface area (Å²) in [5.41, 5.74) is 1.11. The van der Waals surface area contributed by atoms with E-state index in [2.05, 4.69) is 27.9 Å². The van der Waals surface area contributed by atoms with Gasteiger partial charge < -0.3 is 14.8 Å². The van der Waals surface area contributed by atoms with E-state index in [-0.39, 0.29) is 5.91 Å². The van der Waals surface area contributed by atoms with Gasteiger partial charge in [-0.1, -0.05) is 24.3 Å². The average Bonchev–Trinajstić information content (AvgIpc) is 2.59. The van der Waals surface area contributed by atoms with Crippen molar-refractivity contribution in [3.63, 3.8) is 0 Å². The monoisotopic (exact) mass is 425 g/mol. The Morgan fingerprint density at radius 1 is 1.09 bits per heavy atom. The number of nitrogens with one attached hydrogen (secondary N) is 1. The summed E-state index contributed by atoms with van der Waals surface area (Å²) in [6.07, 6.45) is 0. The van der Waals surface area contributed by atoms with Gasteiger partial charge in [-0.25, -0.2) is 4.79 Å². The van der Waals surface area contributed by atoms with Crippen LogP contribution >= 0.6 is 22.6 Å². The van der Waals surface area contributed by atoms with E-state index in [4.69, 9.17) is 9.47 Å². The van der Waals surface area contributed by atoms with Crippen molar-refractivity contribution >= 4 is 34.5 Å². The van der Waals surface area contributed by atoms with Crippen molar-refractivity contribution in [1.29, 1.82) is 0 Å². The third-order valence-corrected chi connectivity index (χ3v) is 4.10. The third-order valence-electron chi connectivity index (χ3n) is 3.26. The van der Waals surface area contributed by atoms with Crippen LogP contribution in [0.1, 0.15) is 22.0 Å². The molecule has 1 atom stereocenters. The smallest absolute Gasteiger partial charge is 0.333 e. The lowest BCUT2D eigenvalue weighted by Crippen LogP contribution is -2.34. The molecule has 0 aliphatic rings. The van der Waals surface area contributed by atoms with Gasteiger partial charge in [0.1, 0.15) is 5.75 Å². The van der Waals surface area contributed by atoms with Crippen molar-refractivity contribution in [1.82, 2.24) is 5.32 Å². The van der Waals surface area contributed by atoms with Gasteiger partial charge in [0.25, 0.3) is 5.91 Å². The molecule has 1 N–H and O–H groups in total. The zero-order valence-corrected chi connectivity index (χ0v) is 14.9. The van der Waals surface area contributed by atoms with E-state index in [1.165, 1.54) is 7.11 Å². The lowest BCUT2D eigenvalue weighted by atomic mass is 10.1. The number of ether oxygens (including phenoxy) is 2. The molecule has 0 aromatic heterocycles. The van der Waals surface area contributed by atoms with Crippen LogP contribution in [0, 0.1) is 3.57 Å². The quantitative estimate of drug-likeness (QED) is 0.591. The fourth-order valence-corrected chi connectivity index (χ4v) is 2.82. The summed E-state index contributed by atoms with van der Waals surface area (Å²) in [5.74, 6) is -0.172. The summed E-state index contributed by atoms with van der Waals surface area (Å²) in [5, 5.41) is 2.71. The number of carbonyl (C=O) groups excluding carboxylic acids is 2. The second kappa shape index (κ2) is 7.96. The number of halogens is 1. The maximum absolute atomic E-state index is 12.3. The van der Waals surface area contributed by atoms with Crippen LogP contribution in [0.5, 0.6) is 5.75 Å².